The van der Waals surface area contributed by atoms with Gasteiger partial charge in [-0.05, 0) is 123 Å². The van der Waals surface area contributed by atoms with Crippen molar-refractivity contribution in [3.05, 3.63) is 217 Å². The fraction of sp³-hybridized carbons (Fsp3) is 0.0526. The highest BCUT2D eigenvalue weighted by Gasteiger charge is 2.36. The molecule has 3 nitrogen and oxygen atoms in total. The van der Waals surface area contributed by atoms with Crippen LogP contribution in [0.5, 0.6) is 0 Å². The molecule has 0 radical (unpaired) electrons. The molecule has 60 heavy (non-hydrogen) atoms. The Hall–Kier alpha value is -7.62. The van der Waals surface area contributed by atoms with Crippen molar-refractivity contribution in [2.45, 2.75) is 19.3 Å². The number of furan rings is 1. The number of hydrogen-bond acceptors (Lipinski definition) is 2. The molecule has 2 heterocycles. The molecule has 0 unspecified atom stereocenters. The van der Waals surface area contributed by atoms with E-state index in [1.807, 2.05) is 6.07 Å². The SMILES string of the molecule is CC1(C)c2ccc(-c3ccccc3)cc2-c2ccc(N(c3ccc(-c4ccccc4)cc3)c3ccc(-n4c5ccccc5c5cc6oc7ccccc7c6cc54)cc3)cc21. The van der Waals surface area contributed by atoms with Crippen LogP contribution in [-0.2, 0) is 5.41 Å². The molecule has 1 aliphatic rings. The van der Waals surface area contributed by atoms with Crippen LogP contribution < -0.4 is 4.90 Å². The highest BCUT2D eigenvalue weighted by atomic mass is 16.3. The van der Waals surface area contributed by atoms with E-state index in [1.165, 1.54) is 60.8 Å². The first-order valence-corrected chi connectivity index (χ1v) is 20.7. The Morgan fingerprint density at radius 3 is 1.73 bits per heavy atom. The van der Waals surface area contributed by atoms with Gasteiger partial charge >= 0.3 is 0 Å². The minimum absolute atomic E-state index is 0.162. The quantitative estimate of drug-likeness (QED) is 0.168. The molecule has 2 aromatic heterocycles. The van der Waals surface area contributed by atoms with Crippen molar-refractivity contribution in [3.8, 4) is 39.1 Å². The van der Waals surface area contributed by atoms with E-state index >= 15 is 0 Å². The van der Waals surface area contributed by atoms with E-state index in [9.17, 15) is 0 Å². The van der Waals surface area contributed by atoms with Crippen LogP contribution in [0.25, 0.3) is 82.8 Å². The zero-order chi connectivity index (χ0) is 40.0. The van der Waals surface area contributed by atoms with E-state index in [0.29, 0.717) is 0 Å². The van der Waals surface area contributed by atoms with E-state index in [1.54, 1.807) is 0 Å². The molecule has 1 aliphatic carbocycles. The van der Waals surface area contributed by atoms with Crippen LogP contribution in [-0.4, -0.2) is 4.57 Å². The number of fused-ring (bicyclic) bond motifs is 9. The molecule has 284 valence electrons. The van der Waals surface area contributed by atoms with Gasteiger partial charge in [0, 0.05) is 49.7 Å². The van der Waals surface area contributed by atoms with E-state index in [2.05, 4.69) is 224 Å². The first kappa shape index (κ1) is 34.4. The summed E-state index contributed by atoms with van der Waals surface area (Å²) in [7, 11) is 0. The predicted octanol–water partition coefficient (Wildman–Crippen LogP) is 15.8. The Morgan fingerprint density at radius 2 is 0.983 bits per heavy atom. The number of nitrogens with zero attached hydrogens (tertiary/aromatic N) is 2. The summed E-state index contributed by atoms with van der Waals surface area (Å²) >= 11 is 0. The summed E-state index contributed by atoms with van der Waals surface area (Å²) in [4.78, 5) is 2.40. The molecular formula is C57H40N2O. The fourth-order valence-corrected chi connectivity index (χ4v) is 9.79. The van der Waals surface area contributed by atoms with Crippen LogP contribution in [0, 0.1) is 0 Å². The first-order valence-electron chi connectivity index (χ1n) is 20.7. The summed E-state index contributed by atoms with van der Waals surface area (Å²) in [6, 6.07) is 74.9. The Kier molecular flexibility index (Phi) is 7.58. The van der Waals surface area contributed by atoms with Gasteiger partial charge in [-0.1, -0.05) is 141 Å². The highest BCUT2D eigenvalue weighted by molar-refractivity contribution is 6.17. The third-order valence-corrected chi connectivity index (χ3v) is 12.8. The Balaban J connectivity index is 0.997. The maximum absolute atomic E-state index is 6.35. The topological polar surface area (TPSA) is 21.3 Å². The summed E-state index contributed by atoms with van der Waals surface area (Å²) < 4.78 is 8.75. The van der Waals surface area contributed by atoms with Gasteiger partial charge in [-0.25, -0.2) is 0 Å². The van der Waals surface area contributed by atoms with Gasteiger partial charge in [0.05, 0.1) is 11.0 Å². The average Bonchev–Trinajstić information content (AvgIpc) is 3.91. The molecule has 0 saturated carbocycles. The van der Waals surface area contributed by atoms with Crippen LogP contribution in [0.15, 0.2) is 211 Å². The third-order valence-electron chi connectivity index (χ3n) is 12.8. The molecule has 0 fully saturated rings. The van der Waals surface area contributed by atoms with Crippen LogP contribution >= 0.6 is 0 Å². The smallest absolute Gasteiger partial charge is 0.136 e. The number of hydrogen-bond donors (Lipinski definition) is 0. The van der Waals surface area contributed by atoms with Crippen molar-refractivity contribution in [1.29, 1.82) is 0 Å². The summed E-state index contributed by atoms with van der Waals surface area (Å²) in [5, 5.41) is 4.64. The second-order valence-electron chi connectivity index (χ2n) is 16.6. The average molecular weight is 769 g/mol. The molecule has 0 saturated heterocycles. The maximum Gasteiger partial charge on any atom is 0.136 e. The third kappa shape index (κ3) is 5.29. The lowest BCUT2D eigenvalue weighted by molar-refractivity contribution is 0.660. The summed E-state index contributed by atoms with van der Waals surface area (Å²) in [6.45, 7) is 4.73. The van der Waals surface area contributed by atoms with Gasteiger partial charge in [-0.2, -0.15) is 0 Å². The minimum Gasteiger partial charge on any atom is -0.456 e. The van der Waals surface area contributed by atoms with Crippen molar-refractivity contribution in [3.63, 3.8) is 0 Å². The van der Waals surface area contributed by atoms with E-state index in [0.717, 1.165) is 50.2 Å². The number of para-hydroxylation sites is 2. The molecule has 0 N–H and O–H groups in total. The summed E-state index contributed by atoms with van der Waals surface area (Å²) in [5.74, 6) is 0. The van der Waals surface area contributed by atoms with Crippen LogP contribution in [0.4, 0.5) is 17.1 Å². The van der Waals surface area contributed by atoms with Crippen molar-refractivity contribution in [2.24, 2.45) is 0 Å². The lowest BCUT2D eigenvalue weighted by Crippen LogP contribution is -2.16. The minimum atomic E-state index is -0.162. The lowest BCUT2D eigenvalue weighted by atomic mass is 9.82. The molecule has 0 bridgehead atoms. The van der Waals surface area contributed by atoms with Gasteiger partial charge in [-0.15, -0.1) is 0 Å². The zero-order valence-electron chi connectivity index (χ0n) is 33.4. The van der Waals surface area contributed by atoms with Gasteiger partial charge in [-0.3, -0.25) is 0 Å². The van der Waals surface area contributed by atoms with E-state index < -0.39 is 0 Å². The monoisotopic (exact) mass is 768 g/mol. The van der Waals surface area contributed by atoms with Crippen molar-refractivity contribution in [2.75, 3.05) is 4.90 Å². The zero-order valence-corrected chi connectivity index (χ0v) is 33.4. The van der Waals surface area contributed by atoms with Crippen molar-refractivity contribution >= 4 is 60.8 Å². The fourth-order valence-electron chi connectivity index (χ4n) is 9.79. The maximum atomic E-state index is 6.35. The number of rotatable bonds is 6. The molecule has 0 spiro atoms. The molecule has 3 heteroatoms. The highest BCUT2D eigenvalue weighted by Crippen LogP contribution is 2.52. The lowest BCUT2D eigenvalue weighted by Gasteiger charge is -2.28. The van der Waals surface area contributed by atoms with Crippen LogP contribution in [0.1, 0.15) is 25.0 Å². The standard InChI is InChI=1S/C57H40N2O/c1-57(2)51-32-23-40(38-15-7-4-8-16-38)33-48(51)45-31-30-44(34-52(45)57)58(41-24-21-39(22-25-41)37-13-5-3-6-14-37)42-26-28-43(29-27-42)59-53-19-11-9-17-46(53)49-36-56-50(35-54(49)59)47-18-10-12-20-55(47)60-56/h3-36H,1-2H3. The largest absolute Gasteiger partial charge is 0.456 e. The summed E-state index contributed by atoms with van der Waals surface area (Å²) in [6.07, 6.45) is 0. The van der Waals surface area contributed by atoms with Gasteiger partial charge in [0.25, 0.3) is 0 Å². The summed E-state index contributed by atoms with van der Waals surface area (Å²) in [5.41, 5.74) is 18.6. The second kappa shape index (κ2) is 13.2. The molecule has 9 aromatic carbocycles. The molecule has 0 aliphatic heterocycles. The van der Waals surface area contributed by atoms with Gasteiger partial charge in [0.2, 0.25) is 0 Å². The molecule has 0 amide bonds. The Labute approximate surface area is 349 Å². The molecule has 0 atom stereocenters. The van der Waals surface area contributed by atoms with Crippen LogP contribution in [0.2, 0.25) is 0 Å². The first-order chi connectivity index (χ1) is 29.5. The van der Waals surface area contributed by atoms with E-state index in [-0.39, 0.29) is 5.41 Å². The van der Waals surface area contributed by atoms with Gasteiger partial charge in [0.1, 0.15) is 11.2 Å². The number of anilines is 3. The molecule has 11 aromatic rings. The molecular weight excluding hydrogens is 729 g/mol. The molecule has 12 rings (SSSR count). The number of aromatic nitrogens is 1. The normalized spacial score (nSPS) is 13.0. The Bertz CT molecular complexity index is 3430. The Morgan fingerprint density at radius 1 is 0.383 bits per heavy atom. The van der Waals surface area contributed by atoms with Crippen LogP contribution in [0.3, 0.4) is 0 Å². The predicted molar refractivity (Wildman–Crippen MR) is 251 cm³/mol. The van der Waals surface area contributed by atoms with Gasteiger partial charge < -0.3 is 13.9 Å². The van der Waals surface area contributed by atoms with E-state index in [4.69, 9.17) is 4.42 Å². The van der Waals surface area contributed by atoms with Crippen molar-refractivity contribution < 1.29 is 4.42 Å². The van der Waals surface area contributed by atoms with Gasteiger partial charge in [0.15, 0.2) is 0 Å². The number of benzene rings is 9. The second-order valence-corrected chi connectivity index (χ2v) is 16.6. The van der Waals surface area contributed by atoms with Crippen molar-refractivity contribution in [1.82, 2.24) is 4.57 Å².